The van der Waals surface area contributed by atoms with Gasteiger partial charge in [-0.3, -0.25) is 0 Å². The van der Waals surface area contributed by atoms with E-state index < -0.39 is 0 Å². The number of benzene rings is 2. The number of aryl methyl sites for hydroxylation is 1. The van der Waals surface area contributed by atoms with Crippen LogP contribution in [0.3, 0.4) is 0 Å². The minimum absolute atomic E-state index is 0.966. The highest BCUT2D eigenvalue weighted by molar-refractivity contribution is 7.80. The lowest BCUT2D eigenvalue weighted by Gasteiger charge is -2.08. The van der Waals surface area contributed by atoms with Crippen LogP contribution < -0.4 is 5.73 Å². The van der Waals surface area contributed by atoms with Gasteiger partial charge >= 0.3 is 0 Å². The molecule has 0 heterocycles. The van der Waals surface area contributed by atoms with Crippen LogP contribution in [0.25, 0.3) is 17.2 Å². The Kier molecular flexibility index (Phi) is 9.18. The van der Waals surface area contributed by atoms with Gasteiger partial charge in [-0.15, -0.1) is 25.8 Å². The first-order chi connectivity index (χ1) is 9.72. The molecule has 0 aliphatic rings. The molecule has 0 aliphatic heterocycles. The molecule has 0 amide bonds. The van der Waals surface area contributed by atoms with E-state index in [1.165, 1.54) is 23.7 Å². The first-order valence-corrected chi connectivity index (χ1v) is 6.76. The van der Waals surface area contributed by atoms with Gasteiger partial charge in [0.2, 0.25) is 0 Å². The zero-order chi connectivity index (χ0) is 15.5. The second kappa shape index (κ2) is 10.1. The van der Waals surface area contributed by atoms with Crippen LogP contribution in [0.2, 0.25) is 0 Å². The van der Waals surface area contributed by atoms with Crippen molar-refractivity contribution >= 4 is 18.7 Å². The molecular weight excluding hydrogens is 262 g/mol. The fraction of sp³-hybridized carbons (Fsp3) is 0.111. The molecule has 2 rings (SSSR count). The Morgan fingerprint density at radius 3 is 2.05 bits per heavy atom. The predicted octanol–water partition coefficient (Wildman–Crippen LogP) is 4.97. The van der Waals surface area contributed by atoms with Crippen molar-refractivity contribution in [2.45, 2.75) is 11.8 Å². The van der Waals surface area contributed by atoms with Crippen molar-refractivity contribution in [3.8, 4) is 11.1 Å². The third kappa shape index (κ3) is 4.72. The van der Waals surface area contributed by atoms with E-state index in [0.717, 1.165) is 10.5 Å². The number of rotatable bonds is 2. The Labute approximate surface area is 128 Å². The Hall–Kier alpha value is -1.77. The second-order valence-corrected chi connectivity index (χ2v) is 4.29. The summed E-state index contributed by atoms with van der Waals surface area (Å²) < 4.78 is 0. The minimum Gasteiger partial charge on any atom is -0.333 e. The molecule has 0 saturated carbocycles. The Balaban J connectivity index is 0.000000829. The molecule has 0 unspecified atom stereocenters. The van der Waals surface area contributed by atoms with E-state index in [1.807, 2.05) is 18.2 Å². The van der Waals surface area contributed by atoms with Crippen molar-refractivity contribution in [2.75, 3.05) is 7.05 Å². The standard InChI is InChI=1S/C15H14S.C2H4.CH5N/c1-3-13-14(5-4-6-15(13)16)12-9-7-11(2)8-10-12;2*1-2/h3-10,16H,1H2,2H3;1-2H2;2H2,1H3. The van der Waals surface area contributed by atoms with E-state index in [1.54, 1.807) is 0 Å². The number of hydrogen-bond donors (Lipinski definition) is 2. The normalized spacial score (nSPS) is 8.60. The molecule has 2 N–H and O–H groups in total. The average Bonchev–Trinajstić information content (AvgIpc) is 2.52. The van der Waals surface area contributed by atoms with Crippen LogP contribution in [0.5, 0.6) is 0 Å². The van der Waals surface area contributed by atoms with Gasteiger partial charge in [-0.05, 0) is 36.7 Å². The van der Waals surface area contributed by atoms with Gasteiger partial charge in [0.1, 0.15) is 0 Å². The molecule has 2 aromatic rings. The summed E-state index contributed by atoms with van der Waals surface area (Å²) in [4.78, 5) is 0.966. The van der Waals surface area contributed by atoms with Crippen LogP contribution >= 0.6 is 12.6 Å². The molecule has 2 aromatic carbocycles. The molecule has 0 atom stereocenters. The highest BCUT2D eigenvalue weighted by Gasteiger charge is 2.04. The minimum atomic E-state index is 0.966. The van der Waals surface area contributed by atoms with Crippen LogP contribution in [0.1, 0.15) is 11.1 Å². The monoisotopic (exact) mass is 285 g/mol. The van der Waals surface area contributed by atoms with E-state index in [4.69, 9.17) is 0 Å². The Morgan fingerprint density at radius 2 is 1.55 bits per heavy atom. The second-order valence-electron chi connectivity index (χ2n) is 3.81. The van der Waals surface area contributed by atoms with Gasteiger partial charge in [0.15, 0.2) is 0 Å². The molecule has 0 radical (unpaired) electrons. The van der Waals surface area contributed by atoms with Crippen LogP contribution in [-0.4, -0.2) is 7.05 Å². The molecule has 106 valence electrons. The van der Waals surface area contributed by atoms with Gasteiger partial charge in [-0.2, -0.15) is 0 Å². The highest BCUT2D eigenvalue weighted by atomic mass is 32.1. The van der Waals surface area contributed by atoms with Crippen LogP contribution in [0, 0.1) is 6.92 Å². The highest BCUT2D eigenvalue weighted by Crippen LogP contribution is 2.29. The maximum absolute atomic E-state index is 4.50. The number of hydrogen-bond acceptors (Lipinski definition) is 2. The van der Waals surface area contributed by atoms with E-state index >= 15 is 0 Å². The largest absolute Gasteiger partial charge is 0.333 e. The maximum Gasteiger partial charge on any atom is 0.0119 e. The van der Waals surface area contributed by atoms with Gasteiger partial charge in [0.05, 0.1) is 0 Å². The molecule has 0 spiro atoms. The van der Waals surface area contributed by atoms with E-state index in [2.05, 4.69) is 75.4 Å². The van der Waals surface area contributed by atoms with Crippen molar-refractivity contribution < 1.29 is 0 Å². The molecule has 0 saturated heterocycles. The average molecular weight is 285 g/mol. The molecule has 2 heteroatoms. The SMILES string of the molecule is C=C.C=Cc1c(S)cccc1-c1ccc(C)cc1.CN. The van der Waals surface area contributed by atoms with Crippen molar-refractivity contribution in [2.24, 2.45) is 5.73 Å². The first kappa shape index (κ1) is 18.2. The summed E-state index contributed by atoms with van der Waals surface area (Å²) in [6.07, 6.45) is 1.86. The Bertz CT molecular complexity index is 530. The van der Waals surface area contributed by atoms with E-state index in [-0.39, 0.29) is 0 Å². The Morgan fingerprint density at radius 1 is 1.00 bits per heavy atom. The molecular formula is C18H23NS. The molecule has 0 fully saturated rings. The fourth-order valence-electron chi connectivity index (χ4n) is 1.75. The fourth-order valence-corrected chi connectivity index (χ4v) is 2.05. The number of thiol groups is 1. The maximum atomic E-state index is 4.50. The number of nitrogens with two attached hydrogens (primary N) is 1. The smallest absolute Gasteiger partial charge is 0.0119 e. The van der Waals surface area contributed by atoms with E-state index in [9.17, 15) is 0 Å². The lowest BCUT2D eigenvalue weighted by Crippen LogP contribution is -1.85. The van der Waals surface area contributed by atoms with Crippen molar-refractivity contribution in [1.29, 1.82) is 0 Å². The summed E-state index contributed by atoms with van der Waals surface area (Å²) in [7, 11) is 1.50. The first-order valence-electron chi connectivity index (χ1n) is 6.31. The summed E-state index contributed by atoms with van der Waals surface area (Å²) in [5.41, 5.74) is 9.25. The summed E-state index contributed by atoms with van der Waals surface area (Å²) in [6, 6.07) is 14.6. The lowest BCUT2D eigenvalue weighted by molar-refractivity contribution is 1.41. The van der Waals surface area contributed by atoms with Crippen molar-refractivity contribution in [3.05, 3.63) is 73.3 Å². The van der Waals surface area contributed by atoms with Crippen molar-refractivity contribution in [3.63, 3.8) is 0 Å². The van der Waals surface area contributed by atoms with Gasteiger partial charge in [-0.25, -0.2) is 0 Å². The van der Waals surface area contributed by atoms with Crippen LogP contribution in [0.15, 0.2) is 67.1 Å². The summed E-state index contributed by atoms with van der Waals surface area (Å²) >= 11 is 4.45. The van der Waals surface area contributed by atoms with Crippen molar-refractivity contribution in [1.82, 2.24) is 0 Å². The van der Waals surface area contributed by atoms with Gasteiger partial charge in [0, 0.05) is 4.90 Å². The van der Waals surface area contributed by atoms with Gasteiger partial charge in [-0.1, -0.05) is 54.6 Å². The van der Waals surface area contributed by atoms with Crippen LogP contribution in [-0.2, 0) is 0 Å². The van der Waals surface area contributed by atoms with Gasteiger partial charge < -0.3 is 5.73 Å². The third-order valence-corrected chi connectivity index (χ3v) is 3.04. The third-order valence-electron chi connectivity index (χ3n) is 2.65. The molecule has 0 bridgehead atoms. The molecule has 20 heavy (non-hydrogen) atoms. The molecule has 0 aromatic heterocycles. The topological polar surface area (TPSA) is 26.0 Å². The van der Waals surface area contributed by atoms with Crippen LogP contribution in [0.4, 0.5) is 0 Å². The summed E-state index contributed by atoms with van der Waals surface area (Å²) in [5.74, 6) is 0. The zero-order valence-corrected chi connectivity index (χ0v) is 13.2. The molecule has 0 aliphatic carbocycles. The zero-order valence-electron chi connectivity index (χ0n) is 12.3. The predicted molar refractivity (Wildman–Crippen MR) is 95.3 cm³/mol. The lowest BCUT2D eigenvalue weighted by atomic mass is 9.99. The summed E-state index contributed by atoms with van der Waals surface area (Å²) in [5, 5.41) is 0. The van der Waals surface area contributed by atoms with E-state index in [0.29, 0.717) is 0 Å². The van der Waals surface area contributed by atoms with Gasteiger partial charge in [0.25, 0.3) is 0 Å². The summed E-state index contributed by atoms with van der Waals surface area (Å²) in [6.45, 7) is 11.9. The molecule has 1 nitrogen and oxygen atoms in total. The quantitative estimate of drug-likeness (QED) is 0.591.